The lowest BCUT2D eigenvalue weighted by Crippen LogP contribution is -2.30. The maximum Gasteiger partial charge on any atom is 0.0957 e. The highest BCUT2D eigenvalue weighted by molar-refractivity contribution is 5.79. The standard InChI is InChI=1S/C10H20N2/c1-2-7-10(11)12-8-5-3-4-6-9-12/h11H,2-9H2,1H3. The van der Waals surface area contributed by atoms with Crippen LogP contribution in [0.2, 0.25) is 0 Å². The van der Waals surface area contributed by atoms with E-state index in [-0.39, 0.29) is 0 Å². The Labute approximate surface area is 75.5 Å². The first kappa shape index (κ1) is 9.56. The van der Waals surface area contributed by atoms with Gasteiger partial charge in [-0.2, -0.15) is 0 Å². The monoisotopic (exact) mass is 168 g/mol. The third-order valence-corrected chi connectivity index (χ3v) is 2.47. The van der Waals surface area contributed by atoms with Gasteiger partial charge in [0.1, 0.15) is 0 Å². The average Bonchev–Trinajstić information content (AvgIpc) is 2.32. The highest BCUT2D eigenvalue weighted by Crippen LogP contribution is 2.11. The summed E-state index contributed by atoms with van der Waals surface area (Å²) in [5.74, 6) is 0.861. The molecule has 0 amide bonds. The maximum absolute atomic E-state index is 7.81. The van der Waals surface area contributed by atoms with Crippen molar-refractivity contribution in [2.75, 3.05) is 13.1 Å². The van der Waals surface area contributed by atoms with Crippen LogP contribution in [0.25, 0.3) is 0 Å². The molecule has 0 radical (unpaired) electrons. The molecule has 2 nitrogen and oxygen atoms in total. The van der Waals surface area contributed by atoms with Gasteiger partial charge in [-0.15, -0.1) is 0 Å². The van der Waals surface area contributed by atoms with Gasteiger partial charge >= 0.3 is 0 Å². The first-order chi connectivity index (χ1) is 5.84. The van der Waals surface area contributed by atoms with Crippen LogP contribution in [-0.2, 0) is 0 Å². The molecule has 0 aromatic heterocycles. The van der Waals surface area contributed by atoms with E-state index < -0.39 is 0 Å². The van der Waals surface area contributed by atoms with E-state index in [4.69, 9.17) is 5.41 Å². The minimum Gasteiger partial charge on any atom is -0.361 e. The first-order valence-corrected chi connectivity index (χ1v) is 5.17. The van der Waals surface area contributed by atoms with E-state index in [9.17, 15) is 0 Å². The molecule has 1 aliphatic heterocycles. The second-order valence-corrected chi connectivity index (χ2v) is 3.60. The highest BCUT2D eigenvalue weighted by Gasteiger charge is 2.10. The Morgan fingerprint density at radius 3 is 2.25 bits per heavy atom. The molecule has 1 saturated heterocycles. The second kappa shape index (κ2) is 5.18. The van der Waals surface area contributed by atoms with Crippen LogP contribution >= 0.6 is 0 Å². The largest absolute Gasteiger partial charge is 0.361 e. The van der Waals surface area contributed by atoms with Crippen LogP contribution < -0.4 is 0 Å². The summed E-state index contributed by atoms with van der Waals surface area (Å²) in [5.41, 5.74) is 0. The lowest BCUT2D eigenvalue weighted by molar-refractivity contribution is 0.422. The van der Waals surface area contributed by atoms with Crippen molar-refractivity contribution >= 4 is 5.84 Å². The van der Waals surface area contributed by atoms with E-state index >= 15 is 0 Å². The predicted molar refractivity (Wildman–Crippen MR) is 52.7 cm³/mol. The molecule has 0 unspecified atom stereocenters. The molecule has 0 aromatic carbocycles. The van der Waals surface area contributed by atoms with Crippen molar-refractivity contribution in [2.45, 2.75) is 45.4 Å². The van der Waals surface area contributed by atoms with Crippen LogP contribution in [0, 0.1) is 5.41 Å². The lowest BCUT2D eigenvalue weighted by Gasteiger charge is -2.22. The molecule has 1 rings (SSSR count). The SMILES string of the molecule is CCCC(=N)N1CCCCCC1. The molecule has 70 valence electrons. The van der Waals surface area contributed by atoms with Crippen molar-refractivity contribution in [2.24, 2.45) is 0 Å². The summed E-state index contributed by atoms with van der Waals surface area (Å²) in [6, 6.07) is 0. The molecule has 1 fully saturated rings. The Kier molecular flexibility index (Phi) is 4.12. The minimum atomic E-state index is 0.861. The Hall–Kier alpha value is -0.530. The zero-order valence-electron chi connectivity index (χ0n) is 8.10. The van der Waals surface area contributed by atoms with Gasteiger partial charge < -0.3 is 4.90 Å². The normalized spacial score (nSPS) is 18.9. The third-order valence-electron chi connectivity index (χ3n) is 2.47. The molecule has 0 spiro atoms. The number of likely N-dealkylation sites (tertiary alicyclic amines) is 1. The molecule has 2 heteroatoms. The van der Waals surface area contributed by atoms with Gasteiger partial charge in [0, 0.05) is 19.5 Å². The van der Waals surface area contributed by atoms with Gasteiger partial charge in [0.25, 0.3) is 0 Å². The molecule has 1 heterocycles. The Morgan fingerprint density at radius 2 is 1.75 bits per heavy atom. The number of hydrogen-bond donors (Lipinski definition) is 1. The molecule has 0 bridgehead atoms. The summed E-state index contributed by atoms with van der Waals surface area (Å²) < 4.78 is 0. The molecule has 0 atom stereocenters. The van der Waals surface area contributed by atoms with Gasteiger partial charge in [0.2, 0.25) is 0 Å². The lowest BCUT2D eigenvalue weighted by atomic mass is 10.2. The molecule has 0 saturated carbocycles. The molecule has 0 aromatic rings. The number of nitrogens with zero attached hydrogens (tertiary/aromatic N) is 1. The molecule has 1 aliphatic rings. The maximum atomic E-state index is 7.81. The highest BCUT2D eigenvalue weighted by atomic mass is 15.2. The van der Waals surface area contributed by atoms with Crippen LogP contribution in [0.5, 0.6) is 0 Å². The molecule has 12 heavy (non-hydrogen) atoms. The second-order valence-electron chi connectivity index (χ2n) is 3.60. The van der Waals surface area contributed by atoms with Gasteiger partial charge in [-0.1, -0.05) is 19.8 Å². The van der Waals surface area contributed by atoms with Crippen molar-refractivity contribution in [1.29, 1.82) is 5.41 Å². The Bertz CT molecular complexity index is 135. The van der Waals surface area contributed by atoms with Gasteiger partial charge in [-0.25, -0.2) is 0 Å². The van der Waals surface area contributed by atoms with Crippen LogP contribution in [0.4, 0.5) is 0 Å². The summed E-state index contributed by atoms with van der Waals surface area (Å²) in [5, 5.41) is 7.81. The number of rotatable bonds is 2. The summed E-state index contributed by atoms with van der Waals surface area (Å²) in [6.07, 6.45) is 7.35. The zero-order valence-corrected chi connectivity index (χ0v) is 8.10. The van der Waals surface area contributed by atoms with E-state index in [2.05, 4.69) is 11.8 Å². The fraction of sp³-hybridized carbons (Fsp3) is 0.900. The summed E-state index contributed by atoms with van der Waals surface area (Å²) in [6.45, 7) is 4.39. The smallest absolute Gasteiger partial charge is 0.0957 e. The summed E-state index contributed by atoms with van der Waals surface area (Å²) in [7, 11) is 0. The zero-order chi connectivity index (χ0) is 8.81. The van der Waals surface area contributed by atoms with Crippen LogP contribution in [0.15, 0.2) is 0 Å². The van der Waals surface area contributed by atoms with Crippen LogP contribution in [0.3, 0.4) is 0 Å². The first-order valence-electron chi connectivity index (χ1n) is 5.17. The fourth-order valence-corrected chi connectivity index (χ4v) is 1.74. The van der Waals surface area contributed by atoms with E-state index in [0.717, 1.165) is 31.8 Å². The quantitative estimate of drug-likeness (QED) is 0.498. The van der Waals surface area contributed by atoms with Crippen molar-refractivity contribution in [1.82, 2.24) is 4.90 Å². The molecular formula is C10H20N2. The molecule has 1 N–H and O–H groups in total. The van der Waals surface area contributed by atoms with Gasteiger partial charge in [-0.3, -0.25) is 5.41 Å². The van der Waals surface area contributed by atoms with E-state index in [1.54, 1.807) is 0 Å². The molecular weight excluding hydrogens is 148 g/mol. The topological polar surface area (TPSA) is 27.1 Å². The Balaban J connectivity index is 2.32. The fourth-order valence-electron chi connectivity index (χ4n) is 1.74. The van der Waals surface area contributed by atoms with Gasteiger partial charge in [0.05, 0.1) is 5.84 Å². The van der Waals surface area contributed by atoms with Crippen molar-refractivity contribution < 1.29 is 0 Å². The van der Waals surface area contributed by atoms with E-state index in [1.807, 2.05) is 0 Å². The van der Waals surface area contributed by atoms with E-state index in [1.165, 1.54) is 25.7 Å². The third kappa shape index (κ3) is 2.84. The molecule has 0 aliphatic carbocycles. The van der Waals surface area contributed by atoms with Crippen molar-refractivity contribution in [3.05, 3.63) is 0 Å². The summed E-state index contributed by atoms with van der Waals surface area (Å²) in [4.78, 5) is 2.26. The van der Waals surface area contributed by atoms with E-state index in [0.29, 0.717) is 0 Å². The van der Waals surface area contributed by atoms with Gasteiger partial charge in [-0.05, 0) is 19.3 Å². The Morgan fingerprint density at radius 1 is 1.17 bits per heavy atom. The van der Waals surface area contributed by atoms with Crippen LogP contribution in [-0.4, -0.2) is 23.8 Å². The average molecular weight is 168 g/mol. The van der Waals surface area contributed by atoms with Crippen molar-refractivity contribution in [3.8, 4) is 0 Å². The number of amidine groups is 1. The van der Waals surface area contributed by atoms with Crippen molar-refractivity contribution in [3.63, 3.8) is 0 Å². The summed E-state index contributed by atoms with van der Waals surface area (Å²) >= 11 is 0. The number of hydrogen-bond acceptors (Lipinski definition) is 1. The minimum absolute atomic E-state index is 0.861. The predicted octanol–water partition coefficient (Wildman–Crippen LogP) is 2.64. The number of nitrogens with one attached hydrogen (secondary N) is 1. The van der Waals surface area contributed by atoms with Crippen LogP contribution in [0.1, 0.15) is 45.4 Å². The van der Waals surface area contributed by atoms with Gasteiger partial charge in [0.15, 0.2) is 0 Å².